The summed E-state index contributed by atoms with van der Waals surface area (Å²) in [5.74, 6) is 0.872. The molecule has 4 nitrogen and oxygen atoms in total. The van der Waals surface area contributed by atoms with E-state index < -0.39 is 0 Å². The topological polar surface area (TPSA) is 44.7 Å². The van der Waals surface area contributed by atoms with Gasteiger partial charge in [-0.2, -0.15) is 0 Å². The summed E-state index contributed by atoms with van der Waals surface area (Å²) < 4.78 is 5.17. The van der Waals surface area contributed by atoms with Gasteiger partial charge in [0.25, 0.3) is 0 Å². The number of piperazine rings is 1. The highest BCUT2D eigenvalue weighted by Gasteiger charge is 2.32. The molecule has 1 aliphatic heterocycles. The largest absolute Gasteiger partial charge is 0.497 e. The standard InChI is InChI=1S/C15H24N2O2/c1-15(12-18,17-9-7-16-8-10-17)11-13-3-5-14(19-2)6-4-13/h3-6,16,18H,7-12H2,1-2H3. The van der Waals surface area contributed by atoms with Crippen LogP contribution in [0.3, 0.4) is 0 Å². The van der Waals surface area contributed by atoms with E-state index in [-0.39, 0.29) is 12.1 Å². The van der Waals surface area contributed by atoms with E-state index in [2.05, 4.69) is 29.3 Å². The SMILES string of the molecule is COc1ccc(CC(C)(CO)N2CCNCC2)cc1. The first-order chi connectivity index (χ1) is 9.18. The Morgan fingerprint density at radius 2 is 1.89 bits per heavy atom. The first-order valence-corrected chi connectivity index (χ1v) is 6.87. The van der Waals surface area contributed by atoms with Crippen LogP contribution >= 0.6 is 0 Å². The molecule has 0 aromatic heterocycles. The summed E-state index contributed by atoms with van der Waals surface area (Å²) in [5, 5.41) is 13.2. The lowest BCUT2D eigenvalue weighted by Crippen LogP contribution is -2.57. The predicted molar refractivity (Wildman–Crippen MR) is 76.6 cm³/mol. The minimum absolute atomic E-state index is 0.180. The second kappa shape index (κ2) is 6.37. The lowest BCUT2D eigenvalue weighted by molar-refractivity contribution is 0.0340. The Morgan fingerprint density at radius 1 is 1.26 bits per heavy atom. The molecule has 1 aromatic rings. The fourth-order valence-electron chi connectivity index (χ4n) is 2.66. The third-order valence-corrected chi connectivity index (χ3v) is 3.97. The van der Waals surface area contributed by atoms with Crippen LogP contribution in [0.4, 0.5) is 0 Å². The van der Waals surface area contributed by atoms with E-state index in [0.29, 0.717) is 0 Å². The van der Waals surface area contributed by atoms with Crippen LogP contribution < -0.4 is 10.1 Å². The van der Waals surface area contributed by atoms with Gasteiger partial charge in [0, 0.05) is 31.7 Å². The normalized spacial score (nSPS) is 19.9. The smallest absolute Gasteiger partial charge is 0.118 e. The van der Waals surface area contributed by atoms with Gasteiger partial charge in [-0.1, -0.05) is 12.1 Å². The van der Waals surface area contributed by atoms with Gasteiger partial charge in [-0.3, -0.25) is 4.90 Å². The Kier molecular flexibility index (Phi) is 4.80. The summed E-state index contributed by atoms with van der Waals surface area (Å²) >= 11 is 0. The first kappa shape index (κ1) is 14.3. The zero-order chi connectivity index (χ0) is 13.7. The number of ether oxygens (including phenoxy) is 1. The van der Waals surface area contributed by atoms with E-state index in [9.17, 15) is 5.11 Å². The van der Waals surface area contributed by atoms with Crippen molar-refractivity contribution in [1.29, 1.82) is 0 Å². The Hall–Kier alpha value is -1.10. The van der Waals surface area contributed by atoms with Crippen LogP contribution in [0.5, 0.6) is 5.75 Å². The molecule has 1 unspecified atom stereocenters. The van der Waals surface area contributed by atoms with Crippen molar-refractivity contribution in [3.8, 4) is 5.75 Å². The van der Waals surface area contributed by atoms with Crippen molar-refractivity contribution in [2.75, 3.05) is 39.9 Å². The molecule has 4 heteroatoms. The summed E-state index contributed by atoms with van der Waals surface area (Å²) in [6.07, 6.45) is 0.855. The molecule has 19 heavy (non-hydrogen) atoms. The monoisotopic (exact) mass is 264 g/mol. The number of benzene rings is 1. The zero-order valence-electron chi connectivity index (χ0n) is 11.9. The summed E-state index contributed by atoms with van der Waals surface area (Å²) in [6, 6.07) is 8.11. The molecule has 1 fully saturated rings. The minimum Gasteiger partial charge on any atom is -0.497 e. The minimum atomic E-state index is -0.184. The Bertz CT molecular complexity index is 388. The Balaban J connectivity index is 2.07. The van der Waals surface area contributed by atoms with Crippen molar-refractivity contribution in [3.05, 3.63) is 29.8 Å². The van der Waals surface area contributed by atoms with Crippen molar-refractivity contribution in [2.45, 2.75) is 18.9 Å². The van der Waals surface area contributed by atoms with Crippen molar-refractivity contribution < 1.29 is 9.84 Å². The molecule has 1 heterocycles. The zero-order valence-corrected chi connectivity index (χ0v) is 11.9. The molecule has 0 saturated carbocycles. The highest BCUT2D eigenvalue weighted by Crippen LogP contribution is 2.22. The molecular weight excluding hydrogens is 240 g/mol. The Morgan fingerprint density at radius 3 is 2.42 bits per heavy atom. The molecular formula is C15H24N2O2. The molecule has 106 valence electrons. The molecule has 1 saturated heterocycles. The number of hydrogen-bond acceptors (Lipinski definition) is 4. The second-order valence-electron chi connectivity index (χ2n) is 5.42. The highest BCUT2D eigenvalue weighted by atomic mass is 16.5. The lowest BCUT2D eigenvalue weighted by atomic mass is 9.91. The van der Waals surface area contributed by atoms with Gasteiger partial charge in [0.05, 0.1) is 13.7 Å². The van der Waals surface area contributed by atoms with Crippen LogP contribution in [0, 0.1) is 0 Å². The number of hydrogen-bond donors (Lipinski definition) is 2. The van der Waals surface area contributed by atoms with Gasteiger partial charge in [0.15, 0.2) is 0 Å². The molecule has 0 aliphatic carbocycles. The fourth-order valence-corrected chi connectivity index (χ4v) is 2.66. The van der Waals surface area contributed by atoms with Gasteiger partial charge in [0.2, 0.25) is 0 Å². The number of nitrogens with one attached hydrogen (secondary N) is 1. The molecule has 0 radical (unpaired) electrons. The quantitative estimate of drug-likeness (QED) is 0.829. The maximum atomic E-state index is 9.81. The molecule has 0 amide bonds. The third-order valence-electron chi connectivity index (χ3n) is 3.97. The van der Waals surface area contributed by atoms with Gasteiger partial charge in [-0.25, -0.2) is 0 Å². The van der Waals surface area contributed by atoms with E-state index in [1.165, 1.54) is 5.56 Å². The number of aliphatic hydroxyl groups is 1. The van der Waals surface area contributed by atoms with Crippen LogP contribution in [0.25, 0.3) is 0 Å². The molecule has 1 aliphatic rings. The first-order valence-electron chi connectivity index (χ1n) is 6.87. The Labute approximate surface area is 115 Å². The van der Waals surface area contributed by atoms with Crippen LogP contribution in [0.15, 0.2) is 24.3 Å². The molecule has 1 aromatic carbocycles. The van der Waals surface area contributed by atoms with Crippen molar-refractivity contribution >= 4 is 0 Å². The van der Waals surface area contributed by atoms with Crippen LogP contribution in [-0.4, -0.2) is 55.4 Å². The fraction of sp³-hybridized carbons (Fsp3) is 0.600. The maximum Gasteiger partial charge on any atom is 0.118 e. The summed E-state index contributed by atoms with van der Waals surface area (Å²) in [6.45, 7) is 6.30. The van der Waals surface area contributed by atoms with Crippen LogP contribution in [0.1, 0.15) is 12.5 Å². The molecule has 0 spiro atoms. The summed E-state index contributed by atoms with van der Waals surface area (Å²) in [5.41, 5.74) is 1.05. The molecule has 2 rings (SSSR count). The van der Waals surface area contributed by atoms with E-state index in [1.807, 2.05) is 12.1 Å². The second-order valence-corrected chi connectivity index (χ2v) is 5.42. The van der Waals surface area contributed by atoms with Crippen LogP contribution in [-0.2, 0) is 6.42 Å². The van der Waals surface area contributed by atoms with E-state index in [0.717, 1.165) is 38.3 Å². The van der Waals surface area contributed by atoms with E-state index >= 15 is 0 Å². The number of rotatable bonds is 5. The number of aliphatic hydroxyl groups excluding tert-OH is 1. The highest BCUT2D eigenvalue weighted by molar-refractivity contribution is 5.28. The van der Waals surface area contributed by atoms with Gasteiger partial charge in [-0.15, -0.1) is 0 Å². The molecule has 0 bridgehead atoms. The maximum absolute atomic E-state index is 9.81. The molecule has 2 N–H and O–H groups in total. The third kappa shape index (κ3) is 3.47. The van der Waals surface area contributed by atoms with E-state index in [1.54, 1.807) is 7.11 Å². The molecule has 1 atom stereocenters. The van der Waals surface area contributed by atoms with Gasteiger partial charge >= 0.3 is 0 Å². The van der Waals surface area contributed by atoms with Crippen molar-refractivity contribution in [1.82, 2.24) is 10.2 Å². The van der Waals surface area contributed by atoms with Crippen molar-refractivity contribution in [2.24, 2.45) is 0 Å². The number of nitrogens with zero attached hydrogens (tertiary/aromatic N) is 1. The van der Waals surface area contributed by atoms with Gasteiger partial charge in [-0.05, 0) is 31.0 Å². The van der Waals surface area contributed by atoms with Gasteiger partial charge < -0.3 is 15.2 Å². The lowest BCUT2D eigenvalue weighted by Gasteiger charge is -2.42. The van der Waals surface area contributed by atoms with Crippen LogP contribution in [0.2, 0.25) is 0 Å². The van der Waals surface area contributed by atoms with Crippen molar-refractivity contribution in [3.63, 3.8) is 0 Å². The average molecular weight is 264 g/mol. The summed E-state index contributed by atoms with van der Waals surface area (Å²) in [7, 11) is 1.67. The average Bonchev–Trinajstić information content (AvgIpc) is 2.49. The van der Waals surface area contributed by atoms with E-state index in [4.69, 9.17) is 4.74 Å². The van der Waals surface area contributed by atoms with Gasteiger partial charge in [0.1, 0.15) is 5.75 Å². The predicted octanol–water partition coefficient (Wildman–Crippen LogP) is 0.894. The summed E-state index contributed by atoms with van der Waals surface area (Å²) in [4.78, 5) is 2.38. The number of methoxy groups -OCH3 is 1.